The van der Waals surface area contributed by atoms with Gasteiger partial charge in [0, 0.05) is 11.1 Å². The molecule has 0 saturated carbocycles. The quantitative estimate of drug-likeness (QED) is 0.876. The molecule has 0 radical (unpaired) electrons. The lowest BCUT2D eigenvalue weighted by atomic mass is 10.1. The molecular formula is C11H16BrNO. The summed E-state index contributed by atoms with van der Waals surface area (Å²) in [5.74, 6) is 0. The van der Waals surface area contributed by atoms with Gasteiger partial charge in [0.15, 0.2) is 0 Å². The number of hydrogen-bond donors (Lipinski definition) is 1. The third-order valence-corrected chi connectivity index (χ3v) is 2.64. The Morgan fingerprint density at radius 2 is 2.00 bits per heavy atom. The van der Waals surface area contributed by atoms with Crippen molar-refractivity contribution >= 4 is 15.9 Å². The van der Waals surface area contributed by atoms with Crippen LogP contribution in [0.3, 0.4) is 0 Å². The molecule has 78 valence electrons. The normalized spacial score (nSPS) is 12.8. The molecule has 14 heavy (non-hydrogen) atoms. The Morgan fingerprint density at radius 1 is 1.36 bits per heavy atom. The van der Waals surface area contributed by atoms with E-state index >= 15 is 0 Å². The zero-order valence-electron chi connectivity index (χ0n) is 8.59. The van der Waals surface area contributed by atoms with Crippen LogP contribution < -0.4 is 5.32 Å². The second kappa shape index (κ2) is 6.17. The summed E-state index contributed by atoms with van der Waals surface area (Å²) in [6.45, 7) is 3.48. The summed E-state index contributed by atoms with van der Waals surface area (Å²) in [4.78, 5) is 0. The lowest BCUT2D eigenvalue weighted by Gasteiger charge is -2.16. The first-order valence-electron chi connectivity index (χ1n) is 4.78. The lowest BCUT2D eigenvalue weighted by molar-refractivity contribution is 0.125. The molecule has 1 aromatic rings. The van der Waals surface area contributed by atoms with Gasteiger partial charge in [-0.1, -0.05) is 28.1 Å². The number of likely N-dealkylation sites (N-methyl/N-ethyl adjacent to an activating group) is 1. The number of benzene rings is 1. The number of nitrogens with one attached hydrogen (secondary N) is 1. The van der Waals surface area contributed by atoms with E-state index in [0.717, 1.165) is 11.1 Å². The van der Waals surface area contributed by atoms with Gasteiger partial charge in [0.1, 0.15) is 0 Å². The summed E-state index contributed by atoms with van der Waals surface area (Å²) < 4.78 is 6.50. The predicted molar refractivity (Wildman–Crippen MR) is 62.4 cm³/mol. The minimum absolute atomic E-state index is 0.281. The van der Waals surface area contributed by atoms with Crippen LogP contribution in [-0.4, -0.2) is 20.3 Å². The number of rotatable bonds is 5. The van der Waals surface area contributed by atoms with Gasteiger partial charge in [-0.3, -0.25) is 0 Å². The summed E-state index contributed by atoms with van der Waals surface area (Å²) in [6, 6.07) is 8.58. The van der Waals surface area contributed by atoms with Gasteiger partial charge in [0.05, 0.1) is 12.6 Å². The second-order valence-electron chi connectivity index (χ2n) is 3.05. The van der Waals surface area contributed by atoms with Crippen molar-refractivity contribution in [3.63, 3.8) is 0 Å². The molecule has 0 aliphatic heterocycles. The van der Waals surface area contributed by atoms with Gasteiger partial charge in [-0.05, 0) is 31.7 Å². The maximum Gasteiger partial charge on any atom is 0.0661 e. The van der Waals surface area contributed by atoms with Crippen LogP contribution in [0.5, 0.6) is 0 Å². The molecular weight excluding hydrogens is 242 g/mol. The highest BCUT2D eigenvalue weighted by Crippen LogP contribution is 2.16. The molecule has 0 fully saturated rings. The predicted octanol–water partition coefficient (Wildman–Crippen LogP) is 2.75. The first kappa shape index (κ1) is 11.7. The van der Waals surface area contributed by atoms with Crippen LogP contribution in [0.4, 0.5) is 0 Å². The van der Waals surface area contributed by atoms with Crippen molar-refractivity contribution in [2.45, 2.75) is 13.0 Å². The Bertz CT molecular complexity index is 260. The van der Waals surface area contributed by atoms with E-state index < -0.39 is 0 Å². The van der Waals surface area contributed by atoms with Crippen molar-refractivity contribution in [3.05, 3.63) is 34.3 Å². The summed E-state index contributed by atoms with van der Waals surface area (Å²) in [5, 5.41) is 3.23. The molecule has 1 atom stereocenters. The van der Waals surface area contributed by atoms with Gasteiger partial charge in [0.25, 0.3) is 0 Å². The van der Waals surface area contributed by atoms with Crippen molar-refractivity contribution < 1.29 is 4.74 Å². The molecule has 0 aromatic heterocycles. The van der Waals surface area contributed by atoms with E-state index in [-0.39, 0.29) is 6.04 Å². The van der Waals surface area contributed by atoms with E-state index in [1.807, 2.05) is 26.1 Å². The lowest BCUT2D eigenvalue weighted by Crippen LogP contribution is -2.21. The van der Waals surface area contributed by atoms with Crippen molar-refractivity contribution in [1.29, 1.82) is 0 Å². The number of ether oxygens (including phenoxy) is 1. The molecule has 1 aromatic carbocycles. The highest BCUT2D eigenvalue weighted by atomic mass is 79.9. The van der Waals surface area contributed by atoms with Crippen molar-refractivity contribution in [2.24, 2.45) is 0 Å². The van der Waals surface area contributed by atoms with Gasteiger partial charge in [-0.25, -0.2) is 0 Å². The highest BCUT2D eigenvalue weighted by molar-refractivity contribution is 9.10. The van der Waals surface area contributed by atoms with Crippen molar-refractivity contribution in [1.82, 2.24) is 5.32 Å². The van der Waals surface area contributed by atoms with Crippen LogP contribution in [0.25, 0.3) is 0 Å². The molecule has 3 heteroatoms. The van der Waals surface area contributed by atoms with E-state index in [9.17, 15) is 0 Å². The Balaban J connectivity index is 2.64. The molecule has 2 nitrogen and oxygen atoms in total. The number of hydrogen-bond acceptors (Lipinski definition) is 2. The molecule has 0 saturated heterocycles. The highest BCUT2D eigenvalue weighted by Gasteiger charge is 2.07. The zero-order chi connectivity index (χ0) is 10.4. The van der Waals surface area contributed by atoms with Crippen LogP contribution in [-0.2, 0) is 4.74 Å². The van der Waals surface area contributed by atoms with Crippen LogP contribution in [0.15, 0.2) is 28.7 Å². The minimum atomic E-state index is 0.281. The Morgan fingerprint density at radius 3 is 2.50 bits per heavy atom. The monoisotopic (exact) mass is 257 g/mol. The van der Waals surface area contributed by atoms with Crippen LogP contribution in [0, 0.1) is 0 Å². The Kier molecular flexibility index (Phi) is 5.15. The minimum Gasteiger partial charge on any atom is -0.380 e. The fraction of sp³-hybridized carbons (Fsp3) is 0.455. The summed E-state index contributed by atoms with van der Waals surface area (Å²) in [5.41, 5.74) is 1.25. The van der Waals surface area contributed by atoms with Crippen molar-refractivity contribution in [2.75, 3.05) is 20.3 Å². The molecule has 0 spiro atoms. The maximum atomic E-state index is 5.40. The van der Waals surface area contributed by atoms with E-state index in [2.05, 4.69) is 33.4 Å². The standard InChI is InChI=1S/C11H16BrNO/c1-3-14-8-11(13-2)9-4-6-10(12)7-5-9/h4-7,11,13H,3,8H2,1-2H3. The van der Waals surface area contributed by atoms with Crippen LogP contribution in [0.2, 0.25) is 0 Å². The smallest absolute Gasteiger partial charge is 0.0661 e. The van der Waals surface area contributed by atoms with Gasteiger partial charge in [0.2, 0.25) is 0 Å². The Hall–Kier alpha value is -0.380. The molecule has 1 rings (SSSR count). The average molecular weight is 258 g/mol. The topological polar surface area (TPSA) is 21.3 Å². The van der Waals surface area contributed by atoms with E-state index in [4.69, 9.17) is 4.74 Å². The van der Waals surface area contributed by atoms with Crippen LogP contribution in [0.1, 0.15) is 18.5 Å². The van der Waals surface area contributed by atoms with Gasteiger partial charge in [-0.15, -0.1) is 0 Å². The van der Waals surface area contributed by atoms with Crippen LogP contribution >= 0.6 is 15.9 Å². The van der Waals surface area contributed by atoms with Crippen molar-refractivity contribution in [3.8, 4) is 0 Å². The summed E-state index contributed by atoms with van der Waals surface area (Å²) in [6.07, 6.45) is 0. The SMILES string of the molecule is CCOCC(NC)c1ccc(Br)cc1. The number of halogens is 1. The first-order valence-corrected chi connectivity index (χ1v) is 5.57. The fourth-order valence-electron chi connectivity index (χ4n) is 1.28. The fourth-order valence-corrected chi connectivity index (χ4v) is 1.54. The summed E-state index contributed by atoms with van der Waals surface area (Å²) in [7, 11) is 1.95. The van der Waals surface area contributed by atoms with Gasteiger partial charge >= 0.3 is 0 Å². The maximum absolute atomic E-state index is 5.40. The average Bonchev–Trinajstić information content (AvgIpc) is 2.21. The van der Waals surface area contributed by atoms with E-state index in [1.165, 1.54) is 5.56 Å². The molecule has 0 heterocycles. The first-order chi connectivity index (χ1) is 6.77. The van der Waals surface area contributed by atoms with E-state index in [1.54, 1.807) is 0 Å². The molecule has 0 bridgehead atoms. The molecule has 1 unspecified atom stereocenters. The Labute approximate surface area is 93.8 Å². The molecule has 0 aliphatic rings. The van der Waals surface area contributed by atoms with E-state index in [0.29, 0.717) is 6.61 Å². The molecule has 0 aliphatic carbocycles. The van der Waals surface area contributed by atoms with Gasteiger partial charge < -0.3 is 10.1 Å². The second-order valence-corrected chi connectivity index (χ2v) is 3.97. The largest absolute Gasteiger partial charge is 0.380 e. The molecule has 1 N–H and O–H groups in total. The third-order valence-electron chi connectivity index (χ3n) is 2.11. The third kappa shape index (κ3) is 3.40. The summed E-state index contributed by atoms with van der Waals surface area (Å²) >= 11 is 3.42. The van der Waals surface area contributed by atoms with Gasteiger partial charge in [-0.2, -0.15) is 0 Å². The molecule has 0 amide bonds. The zero-order valence-corrected chi connectivity index (χ0v) is 10.2.